The molecule has 0 saturated carbocycles. The van der Waals surface area contributed by atoms with Crippen LogP contribution in [0.5, 0.6) is 11.6 Å². The highest BCUT2D eigenvalue weighted by Gasteiger charge is 2.22. The van der Waals surface area contributed by atoms with Crippen molar-refractivity contribution in [3.05, 3.63) is 68.8 Å². The Morgan fingerprint density at radius 1 is 1.22 bits per heavy atom. The van der Waals surface area contributed by atoms with E-state index in [9.17, 15) is 13.7 Å². The van der Waals surface area contributed by atoms with Crippen molar-refractivity contribution < 1.29 is 13.2 Å². The molecule has 4 rings (SSSR count). The van der Waals surface area contributed by atoms with Gasteiger partial charge in [-0.15, -0.1) is 0 Å². The number of hydrogen-bond donors (Lipinski definition) is 2. The number of halogens is 2. The van der Waals surface area contributed by atoms with Crippen LogP contribution < -0.4 is 14.8 Å². The molecule has 1 aromatic heterocycles. The van der Waals surface area contributed by atoms with Gasteiger partial charge in [0.2, 0.25) is 21.9 Å². The molecule has 37 heavy (non-hydrogen) atoms. The van der Waals surface area contributed by atoms with Crippen LogP contribution in [0.25, 0.3) is 0 Å². The minimum atomic E-state index is -3.64. The first-order valence-electron chi connectivity index (χ1n) is 11.6. The van der Waals surface area contributed by atoms with E-state index in [0.29, 0.717) is 45.7 Å². The lowest BCUT2D eigenvalue weighted by molar-refractivity contribution is 0.216. The van der Waals surface area contributed by atoms with E-state index in [4.69, 9.17) is 16.3 Å². The third-order valence-corrected chi connectivity index (χ3v) is 8.17. The number of likely N-dealkylation sites (tertiary alicyclic amines) is 1. The van der Waals surface area contributed by atoms with E-state index in [2.05, 4.69) is 42.0 Å². The zero-order chi connectivity index (χ0) is 26.6. The second-order valence-corrected chi connectivity index (χ2v) is 11.9. The van der Waals surface area contributed by atoms with Crippen molar-refractivity contribution in [2.24, 2.45) is 0 Å². The number of ether oxygens (including phenoxy) is 1. The predicted molar refractivity (Wildman–Crippen MR) is 145 cm³/mol. The molecule has 0 unspecified atom stereocenters. The summed E-state index contributed by atoms with van der Waals surface area (Å²) in [5.41, 5.74) is 2.26. The summed E-state index contributed by atoms with van der Waals surface area (Å²) < 4.78 is 34.4. The van der Waals surface area contributed by atoms with Crippen LogP contribution in [0.4, 0.5) is 5.95 Å². The molecule has 0 bridgehead atoms. The molecule has 2 N–H and O–H groups in total. The number of benzene rings is 2. The Morgan fingerprint density at radius 2 is 1.92 bits per heavy atom. The Labute approximate surface area is 230 Å². The number of piperidine rings is 1. The lowest BCUT2D eigenvalue weighted by atomic mass is 10.1. The molecule has 3 aromatic rings. The topological polar surface area (TPSA) is 120 Å². The number of hydrogen-bond acceptors (Lipinski definition) is 8. The van der Waals surface area contributed by atoms with Crippen molar-refractivity contribution in [3.63, 3.8) is 0 Å². The third-order valence-electron chi connectivity index (χ3n) is 6.01. The molecule has 1 saturated heterocycles. The van der Waals surface area contributed by atoms with E-state index in [0.717, 1.165) is 24.0 Å². The summed E-state index contributed by atoms with van der Waals surface area (Å²) in [6, 6.07) is 12.0. The Morgan fingerprint density at radius 3 is 2.57 bits per heavy atom. The molecular formula is C25H26BrClN6O3S. The average Bonchev–Trinajstić information content (AvgIpc) is 2.87. The van der Waals surface area contributed by atoms with Crippen LogP contribution in [0.1, 0.15) is 29.5 Å². The van der Waals surface area contributed by atoms with Gasteiger partial charge in [0.05, 0.1) is 33.9 Å². The molecule has 12 heteroatoms. The summed E-state index contributed by atoms with van der Waals surface area (Å²) in [6.07, 6.45) is 3.23. The summed E-state index contributed by atoms with van der Waals surface area (Å²) in [6.45, 7) is 5.41. The van der Waals surface area contributed by atoms with Gasteiger partial charge in [0.1, 0.15) is 5.75 Å². The molecule has 1 aliphatic rings. The van der Waals surface area contributed by atoms with Crippen LogP contribution >= 0.6 is 27.5 Å². The molecule has 0 spiro atoms. The van der Waals surface area contributed by atoms with Crippen molar-refractivity contribution in [1.29, 1.82) is 5.26 Å². The van der Waals surface area contributed by atoms with E-state index in [1.54, 1.807) is 30.5 Å². The normalized spacial score (nSPS) is 14.8. The molecule has 0 radical (unpaired) electrons. The maximum atomic E-state index is 12.5. The summed E-state index contributed by atoms with van der Waals surface area (Å²) in [4.78, 5) is 11.1. The second-order valence-electron chi connectivity index (χ2n) is 8.80. The van der Waals surface area contributed by atoms with Gasteiger partial charge in [-0.05, 0) is 84.1 Å². The van der Waals surface area contributed by atoms with Gasteiger partial charge in [-0.3, -0.25) is 4.90 Å². The fourth-order valence-corrected chi connectivity index (χ4v) is 5.66. The summed E-state index contributed by atoms with van der Waals surface area (Å²) in [7, 11) is -3.64. The van der Waals surface area contributed by atoms with Gasteiger partial charge in [-0.2, -0.15) is 15.0 Å². The Hall–Kier alpha value is -2.75. The van der Waals surface area contributed by atoms with Crippen molar-refractivity contribution in [3.8, 4) is 17.7 Å². The number of nitrogens with one attached hydrogen (secondary N) is 2. The Balaban J connectivity index is 1.33. The zero-order valence-electron chi connectivity index (χ0n) is 20.3. The Kier molecular flexibility index (Phi) is 8.67. The maximum absolute atomic E-state index is 12.5. The number of aromatic nitrogens is 2. The molecule has 0 amide bonds. The standard InChI is InChI=1S/C25H26BrClN6O3S/c1-16-10-18(13-28)11-17(2)23(16)36-24-22(26)14-29-25(32-24)31-20-6-8-33(9-7-20)15-30-37(34,35)21-5-3-4-19(27)12-21/h3-5,10-12,14,20,30H,6-9,15H2,1-2H3,(H,29,31,32). The summed E-state index contributed by atoms with van der Waals surface area (Å²) in [5.74, 6) is 1.47. The molecule has 2 heterocycles. The van der Waals surface area contributed by atoms with E-state index >= 15 is 0 Å². The van der Waals surface area contributed by atoms with Gasteiger partial charge >= 0.3 is 0 Å². The molecule has 1 aliphatic heterocycles. The molecule has 194 valence electrons. The molecule has 1 fully saturated rings. The molecular weight excluding hydrogens is 580 g/mol. The quantitative estimate of drug-likeness (QED) is 0.369. The van der Waals surface area contributed by atoms with E-state index in [1.807, 2.05) is 18.7 Å². The highest BCUT2D eigenvalue weighted by Crippen LogP contribution is 2.33. The van der Waals surface area contributed by atoms with Crippen LogP contribution in [0, 0.1) is 25.2 Å². The first kappa shape index (κ1) is 27.3. The highest BCUT2D eigenvalue weighted by atomic mass is 79.9. The van der Waals surface area contributed by atoms with Crippen LogP contribution in [0.2, 0.25) is 5.02 Å². The van der Waals surface area contributed by atoms with Crippen LogP contribution in [0.3, 0.4) is 0 Å². The number of anilines is 1. The molecule has 0 aliphatic carbocycles. The van der Waals surface area contributed by atoms with Crippen LogP contribution in [-0.2, 0) is 10.0 Å². The Bertz CT molecular complexity index is 1420. The van der Waals surface area contributed by atoms with Gasteiger partial charge < -0.3 is 10.1 Å². The molecule has 2 aromatic carbocycles. The lowest BCUT2D eigenvalue weighted by Crippen LogP contribution is -2.44. The molecule has 9 nitrogen and oxygen atoms in total. The van der Waals surface area contributed by atoms with Crippen molar-refractivity contribution in [1.82, 2.24) is 19.6 Å². The first-order chi connectivity index (χ1) is 17.6. The first-order valence-corrected chi connectivity index (χ1v) is 14.3. The predicted octanol–water partition coefficient (Wildman–Crippen LogP) is 4.99. The van der Waals surface area contributed by atoms with E-state index < -0.39 is 10.0 Å². The van der Waals surface area contributed by atoms with Crippen molar-refractivity contribution >= 4 is 43.5 Å². The fourth-order valence-electron chi connectivity index (χ4n) is 4.08. The van der Waals surface area contributed by atoms with E-state index in [-0.39, 0.29) is 17.6 Å². The smallest absolute Gasteiger partial charge is 0.241 e. The minimum Gasteiger partial charge on any atom is -0.437 e. The number of nitriles is 1. The minimum absolute atomic E-state index is 0.133. The second kappa shape index (κ2) is 11.8. The number of nitrogens with zero attached hydrogens (tertiary/aromatic N) is 4. The average molecular weight is 606 g/mol. The monoisotopic (exact) mass is 604 g/mol. The van der Waals surface area contributed by atoms with Gasteiger partial charge in [-0.25, -0.2) is 13.4 Å². The largest absolute Gasteiger partial charge is 0.437 e. The fraction of sp³-hybridized carbons (Fsp3) is 0.320. The van der Waals surface area contributed by atoms with Gasteiger partial charge in [-0.1, -0.05) is 17.7 Å². The third kappa shape index (κ3) is 6.97. The van der Waals surface area contributed by atoms with Crippen molar-refractivity contribution in [2.75, 3.05) is 25.1 Å². The lowest BCUT2D eigenvalue weighted by Gasteiger charge is -2.32. The van der Waals surface area contributed by atoms with E-state index in [1.165, 1.54) is 12.1 Å². The maximum Gasteiger partial charge on any atom is 0.241 e. The summed E-state index contributed by atoms with van der Waals surface area (Å²) >= 11 is 9.38. The van der Waals surface area contributed by atoms with Crippen molar-refractivity contribution in [2.45, 2.75) is 37.6 Å². The number of sulfonamides is 1. The number of aryl methyl sites for hydroxylation is 2. The zero-order valence-corrected chi connectivity index (χ0v) is 23.5. The molecule has 0 atom stereocenters. The van der Waals surface area contributed by atoms with Crippen LogP contribution in [-0.4, -0.2) is 49.1 Å². The van der Waals surface area contributed by atoms with Gasteiger partial charge in [0, 0.05) is 24.2 Å². The van der Waals surface area contributed by atoms with Gasteiger partial charge in [0.15, 0.2) is 0 Å². The van der Waals surface area contributed by atoms with Crippen LogP contribution in [0.15, 0.2) is 52.0 Å². The van der Waals surface area contributed by atoms with Gasteiger partial charge in [0.25, 0.3) is 0 Å². The summed E-state index contributed by atoms with van der Waals surface area (Å²) in [5, 5.41) is 12.9. The number of rotatable bonds is 8. The SMILES string of the molecule is Cc1cc(C#N)cc(C)c1Oc1nc(NC2CCN(CNS(=O)(=O)c3cccc(Cl)c3)CC2)ncc1Br. The highest BCUT2D eigenvalue weighted by molar-refractivity contribution is 9.10.